The minimum absolute atomic E-state index is 0.468. The molecular weight excluding hydrogens is 232 g/mol. The monoisotopic (exact) mass is 254 g/mol. The highest BCUT2D eigenvalue weighted by molar-refractivity contribution is 6.31. The topological polar surface area (TPSA) is 15.3 Å². The maximum atomic E-state index is 6.29. The van der Waals surface area contributed by atoms with Crippen molar-refractivity contribution in [1.82, 2.24) is 5.32 Å². The van der Waals surface area contributed by atoms with Crippen molar-refractivity contribution in [1.29, 1.82) is 0 Å². The lowest BCUT2D eigenvalue weighted by Gasteiger charge is -2.23. The average molecular weight is 255 g/mol. The summed E-state index contributed by atoms with van der Waals surface area (Å²) in [6.07, 6.45) is 1.14. The summed E-state index contributed by atoms with van der Waals surface area (Å²) >= 11 is 6.29. The van der Waals surface area contributed by atoms with Gasteiger partial charge in [-0.25, -0.2) is 0 Å². The average Bonchev–Trinajstić information content (AvgIpc) is 2.27. The number of rotatable bonds is 6. The molecule has 0 radical (unpaired) electrons. The third kappa shape index (κ3) is 4.21. The molecular formula is C14H23ClN2. The standard InChI is InChI=1S/C14H23ClN2/c1-5-9-17(4)14-8-6-7-13(15)12(14)10-16-11(2)3/h6-8,11,16H,5,9-10H2,1-4H3. The molecule has 0 aromatic heterocycles. The lowest BCUT2D eigenvalue weighted by atomic mass is 10.1. The zero-order valence-corrected chi connectivity index (χ0v) is 12.0. The number of nitrogens with one attached hydrogen (secondary N) is 1. The SMILES string of the molecule is CCCN(C)c1cccc(Cl)c1CNC(C)C. The van der Waals surface area contributed by atoms with E-state index in [0.29, 0.717) is 6.04 Å². The summed E-state index contributed by atoms with van der Waals surface area (Å²) < 4.78 is 0. The molecule has 2 nitrogen and oxygen atoms in total. The van der Waals surface area contributed by atoms with E-state index < -0.39 is 0 Å². The molecule has 0 amide bonds. The van der Waals surface area contributed by atoms with Gasteiger partial charge in [0.2, 0.25) is 0 Å². The van der Waals surface area contributed by atoms with E-state index >= 15 is 0 Å². The number of nitrogens with zero attached hydrogens (tertiary/aromatic N) is 1. The van der Waals surface area contributed by atoms with E-state index in [9.17, 15) is 0 Å². The van der Waals surface area contributed by atoms with Crippen molar-refractivity contribution < 1.29 is 0 Å². The van der Waals surface area contributed by atoms with Crippen LogP contribution in [0.5, 0.6) is 0 Å². The van der Waals surface area contributed by atoms with Crippen LogP contribution in [0, 0.1) is 0 Å². The molecule has 96 valence electrons. The van der Waals surface area contributed by atoms with Crippen LogP contribution in [0.25, 0.3) is 0 Å². The largest absolute Gasteiger partial charge is 0.374 e. The fraction of sp³-hybridized carbons (Fsp3) is 0.571. The Morgan fingerprint density at radius 3 is 2.65 bits per heavy atom. The van der Waals surface area contributed by atoms with Crippen LogP contribution in [0.2, 0.25) is 5.02 Å². The Bertz CT molecular complexity index is 350. The summed E-state index contributed by atoms with van der Waals surface area (Å²) in [5.74, 6) is 0. The Hall–Kier alpha value is -0.730. The highest BCUT2D eigenvalue weighted by Crippen LogP contribution is 2.27. The van der Waals surface area contributed by atoms with Gasteiger partial charge in [-0.1, -0.05) is 38.4 Å². The molecule has 0 saturated heterocycles. The lowest BCUT2D eigenvalue weighted by molar-refractivity contribution is 0.588. The number of hydrogen-bond acceptors (Lipinski definition) is 2. The summed E-state index contributed by atoms with van der Waals surface area (Å²) in [6, 6.07) is 6.58. The van der Waals surface area contributed by atoms with Crippen LogP contribution in [-0.4, -0.2) is 19.6 Å². The molecule has 0 bridgehead atoms. The first-order chi connectivity index (χ1) is 8.06. The van der Waals surface area contributed by atoms with E-state index in [4.69, 9.17) is 11.6 Å². The first-order valence-corrected chi connectivity index (χ1v) is 6.66. The van der Waals surface area contributed by atoms with Crippen molar-refractivity contribution in [3.8, 4) is 0 Å². The number of hydrogen-bond donors (Lipinski definition) is 1. The Morgan fingerprint density at radius 2 is 2.06 bits per heavy atom. The summed E-state index contributed by atoms with van der Waals surface area (Å²) in [6.45, 7) is 8.35. The minimum Gasteiger partial charge on any atom is -0.374 e. The molecule has 0 aliphatic carbocycles. The van der Waals surface area contributed by atoms with E-state index in [1.54, 1.807) is 0 Å². The van der Waals surface area contributed by atoms with Gasteiger partial charge in [0.15, 0.2) is 0 Å². The molecule has 1 rings (SSSR count). The smallest absolute Gasteiger partial charge is 0.0471 e. The van der Waals surface area contributed by atoms with Gasteiger partial charge in [0.05, 0.1) is 0 Å². The second-order valence-electron chi connectivity index (χ2n) is 4.69. The molecule has 1 aromatic carbocycles. The van der Waals surface area contributed by atoms with Gasteiger partial charge in [0.1, 0.15) is 0 Å². The van der Waals surface area contributed by atoms with Gasteiger partial charge in [0.25, 0.3) is 0 Å². The maximum absolute atomic E-state index is 6.29. The number of halogens is 1. The minimum atomic E-state index is 0.468. The van der Waals surface area contributed by atoms with Crippen LogP contribution in [0.3, 0.4) is 0 Å². The third-order valence-corrected chi connectivity index (χ3v) is 3.11. The number of benzene rings is 1. The van der Waals surface area contributed by atoms with Crippen LogP contribution in [0.4, 0.5) is 5.69 Å². The van der Waals surface area contributed by atoms with Gasteiger partial charge in [-0.05, 0) is 18.6 Å². The normalized spacial score (nSPS) is 10.9. The van der Waals surface area contributed by atoms with Crippen LogP contribution < -0.4 is 10.2 Å². The Kier molecular flexibility index (Phi) is 5.79. The van der Waals surface area contributed by atoms with Crippen molar-refractivity contribution in [2.45, 2.75) is 39.8 Å². The van der Waals surface area contributed by atoms with Crippen molar-refractivity contribution in [2.24, 2.45) is 0 Å². The first-order valence-electron chi connectivity index (χ1n) is 6.28. The zero-order chi connectivity index (χ0) is 12.8. The molecule has 17 heavy (non-hydrogen) atoms. The zero-order valence-electron chi connectivity index (χ0n) is 11.3. The van der Waals surface area contributed by atoms with Crippen LogP contribution in [0.1, 0.15) is 32.8 Å². The molecule has 3 heteroatoms. The van der Waals surface area contributed by atoms with Crippen LogP contribution >= 0.6 is 11.6 Å². The van der Waals surface area contributed by atoms with E-state index in [0.717, 1.165) is 24.5 Å². The Morgan fingerprint density at radius 1 is 1.35 bits per heavy atom. The fourth-order valence-corrected chi connectivity index (χ4v) is 2.08. The lowest BCUT2D eigenvalue weighted by Crippen LogP contribution is -2.25. The Balaban J connectivity index is 2.91. The number of anilines is 1. The first kappa shape index (κ1) is 14.3. The fourth-order valence-electron chi connectivity index (χ4n) is 1.84. The molecule has 0 aliphatic rings. The van der Waals surface area contributed by atoms with Gasteiger partial charge in [0, 0.05) is 42.5 Å². The van der Waals surface area contributed by atoms with E-state index in [1.165, 1.54) is 11.3 Å². The summed E-state index contributed by atoms with van der Waals surface area (Å²) in [5.41, 5.74) is 2.42. The summed E-state index contributed by atoms with van der Waals surface area (Å²) in [5, 5.41) is 4.27. The summed E-state index contributed by atoms with van der Waals surface area (Å²) in [4.78, 5) is 2.27. The van der Waals surface area contributed by atoms with Crippen molar-refractivity contribution in [3.63, 3.8) is 0 Å². The molecule has 0 atom stereocenters. The van der Waals surface area contributed by atoms with Crippen molar-refractivity contribution >= 4 is 17.3 Å². The van der Waals surface area contributed by atoms with E-state index in [2.05, 4.69) is 44.1 Å². The second-order valence-corrected chi connectivity index (χ2v) is 5.10. The van der Waals surface area contributed by atoms with Crippen LogP contribution in [-0.2, 0) is 6.54 Å². The van der Waals surface area contributed by atoms with E-state index in [-0.39, 0.29) is 0 Å². The van der Waals surface area contributed by atoms with Crippen molar-refractivity contribution in [3.05, 3.63) is 28.8 Å². The molecule has 0 heterocycles. The third-order valence-electron chi connectivity index (χ3n) is 2.75. The Labute approximate surface area is 110 Å². The van der Waals surface area contributed by atoms with Gasteiger partial charge in [-0.15, -0.1) is 0 Å². The predicted octanol–water partition coefficient (Wildman–Crippen LogP) is 3.68. The molecule has 0 saturated carbocycles. The quantitative estimate of drug-likeness (QED) is 0.833. The molecule has 0 spiro atoms. The molecule has 1 N–H and O–H groups in total. The highest BCUT2D eigenvalue weighted by atomic mass is 35.5. The van der Waals surface area contributed by atoms with Gasteiger partial charge in [-0.2, -0.15) is 0 Å². The molecule has 0 unspecified atom stereocenters. The highest BCUT2D eigenvalue weighted by Gasteiger charge is 2.10. The van der Waals surface area contributed by atoms with Crippen molar-refractivity contribution in [2.75, 3.05) is 18.5 Å². The van der Waals surface area contributed by atoms with Gasteiger partial charge in [-0.3, -0.25) is 0 Å². The second kappa shape index (κ2) is 6.87. The van der Waals surface area contributed by atoms with Gasteiger partial charge < -0.3 is 10.2 Å². The predicted molar refractivity (Wildman–Crippen MR) is 77.0 cm³/mol. The molecule has 0 aliphatic heterocycles. The molecule has 0 fully saturated rings. The summed E-state index contributed by atoms with van der Waals surface area (Å²) in [7, 11) is 2.12. The molecule has 1 aromatic rings. The van der Waals surface area contributed by atoms with E-state index in [1.807, 2.05) is 12.1 Å². The van der Waals surface area contributed by atoms with Crippen LogP contribution in [0.15, 0.2) is 18.2 Å². The maximum Gasteiger partial charge on any atom is 0.0471 e. The van der Waals surface area contributed by atoms with Gasteiger partial charge >= 0.3 is 0 Å².